The Morgan fingerprint density at radius 3 is 2.37 bits per heavy atom. The third kappa shape index (κ3) is 8.12. The number of amides is 2. The Morgan fingerprint density at radius 2 is 1.66 bits per heavy atom. The van der Waals surface area contributed by atoms with E-state index in [0.29, 0.717) is 13.0 Å². The maximum Gasteiger partial charge on any atom is 0.243 e. The third-order valence-corrected chi connectivity index (χ3v) is 8.09. The number of nitrogens with one attached hydrogen (secondary N) is 1. The second-order valence-electron chi connectivity index (χ2n) is 10.0. The van der Waals surface area contributed by atoms with Gasteiger partial charge in [0.1, 0.15) is 11.8 Å². The van der Waals surface area contributed by atoms with Crippen molar-refractivity contribution >= 4 is 23.6 Å². The van der Waals surface area contributed by atoms with Crippen LogP contribution in [0.1, 0.15) is 48.8 Å². The number of carbonyl (C=O) groups excluding carboxylic acids is 2. The first-order valence-corrected chi connectivity index (χ1v) is 14.5. The first kappa shape index (κ1) is 27.8. The number of rotatable bonds is 11. The summed E-state index contributed by atoms with van der Waals surface area (Å²) < 4.78 is 5.43. The zero-order valence-corrected chi connectivity index (χ0v) is 23.2. The Morgan fingerprint density at radius 1 is 0.947 bits per heavy atom. The van der Waals surface area contributed by atoms with Gasteiger partial charge in [0, 0.05) is 23.9 Å². The van der Waals surface area contributed by atoms with Crippen molar-refractivity contribution in [2.24, 2.45) is 0 Å². The van der Waals surface area contributed by atoms with Gasteiger partial charge in [0.25, 0.3) is 0 Å². The average molecular weight is 531 g/mol. The van der Waals surface area contributed by atoms with Crippen LogP contribution in [0.4, 0.5) is 0 Å². The molecule has 0 aromatic heterocycles. The number of methoxy groups -OCH3 is 1. The van der Waals surface area contributed by atoms with Crippen molar-refractivity contribution in [3.05, 3.63) is 95.6 Å². The molecular weight excluding hydrogens is 492 g/mol. The van der Waals surface area contributed by atoms with Crippen LogP contribution in [0.5, 0.6) is 5.75 Å². The molecule has 1 fully saturated rings. The van der Waals surface area contributed by atoms with E-state index in [0.717, 1.165) is 47.5 Å². The highest BCUT2D eigenvalue weighted by Crippen LogP contribution is 2.24. The second kappa shape index (κ2) is 14.1. The van der Waals surface area contributed by atoms with Gasteiger partial charge in [-0.1, -0.05) is 79.4 Å². The Kier molecular flexibility index (Phi) is 10.3. The molecule has 1 saturated carbocycles. The van der Waals surface area contributed by atoms with Gasteiger partial charge in [-0.15, -0.1) is 11.8 Å². The molecule has 5 nitrogen and oxygen atoms in total. The monoisotopic (exact) mass is 530 g/mol. The molecule has 1 atom stereocenters. The van der Waals surface area contributed by atoms with Gasteiger partial charge in [-0.25, -0.2) is 0 Å². The number of aryl methyl sites for hydroxylation is 1. The topological polar surface area (TPSA) is 58.6 Å². The lowest BCUT2D eigenvalue weighted by Crippen LogP contribution is -2.53. The minimum atomic E-state index is -0.614. The normalized spacial score (nSPS) is 14.5. The van der Waals surface area contributed by atoms with Crippen molar-refractivity contribution in [2.75, 3.05) is 12.9 Å². The van der Waals surface area contributed by atoms with E-state index in [1.807, 2.05) is 66.7 Å². The lowest BCUT2D eigenvalue weighted by Gasteiger charge is -2.33. The van der Waals surface area contributed by atoms with Crippen LogP contribution in [0.3, 0.4) is 0 Å². The average Bonchev–Trinajstić information content (AvgIpc) is 2.95. The maximum atomic E-state index is 13.9. The molecule has 1 aliphatic rings. The molecule has 3 aromatic carbocycles. The molecule has 1 aliphatic carbocycles. The minimum Gasteiger partial charge on any atom is -0.497 e. The second-order valence-corrected chi connectivity index (χ2v) is 11.1. The molecule has 1 N–H and O–H groups in total. The molecule has 0 radical (unpaired) electrons. The molecule has 6 heteroatoms. The summed E-state index contributed by atoms with van der Waals surface area (Å²) in [6, 6.07) is 25.4. The molecular formula is C32H38N2O3S. The van der Waals surface area contributed by atoms with Gasteiger partial charge in [0.15, 0.2) is 0 Å². The van der Waals surface area contributed by atoms with Crippen molar-refractivity contribution < 1.29 is 14.3 Å². The Labute approximate surface area is 231 Å². The lowest BCUT2D eigenvalue weighted by atomic mass is 9.94. The van der Waals surface area contributed by atoms with E-state index in [9.17, 15) is 9.59 Å². The van der Waals surface area contributed by atoms with Crippen LogP contribution in [0.2, 0.25) is 0 Å². The van der Waals surface area contributed by atoms with Crippen LogP contribution in [0.15, 0.2) is 83.8 Å². The summed E-state index contributed by atoms with van der Waals surface area (Å²) in [6.45, 7) is 2.38. The maximum absolute atomic E-state index is 13.9. The van der Waals surface area contributed by atoms with E-state index in [4.69, 9.17) is 4.74 Å². The number of hydrogen-bond acceptors (Lipinski definition) is 4. The van der Waals surface area contributed by atoms with E-state index >= 15 is 0 Å². The third-order valence-electron chi connectivity index (χ3n) is 7.09. The van der Waals surface area contributed by atoms with Crippen molar-refractivity contribution in [1.29, 1.82) is 0 Å². The molecule has 0 saturated heterocycles. The van der Waals surface area contributed by atoms with Gasteiger partial charge < -0.3 is 15.0 Å². The predicted molar refractivity (Wildman–Crippen MR) is 154 cm³/mol. The van der Waals surface area contributed by atoms with Gasteiger partial charge in [0.05, 0.1) is 12.9 Å². The molecule has 0 spiro atoms. The summed E-state index contributed by atoms with van der Waals surface area (Å²) in [5.74, 6) is 0.861. The van der Waals surface area contributed by atoms with Crippen LogP contribution >= 0.6 is 11.8 Å². The number of carbonyl (C=O) groups is 2. The fraction of sp³-hybridized carbons (Fsp3) is 0.375. The smallest absolute Gasteiger partial charge is 0.243 e. The summed E-state index contributed by atoms with van der Waals surface area (Å²) in [7, 11) is 1.63. The Bertz CT molecular complexity index is 1180. The summed E-state index contributed by atoms with van der Waals surface area (Å²) in [6.07, 6.45) is 5.94. The predicted octanol–water partition coefficient (Wildman–Crippen LogP) is 6.18. The van der Waals surface area contributed by atoms with Crippen LogP contribution < -0.4 is 10.1 Å². The molecule has 38 heavy (non-hydrogen) atoms. The van der Waals surface area contributed by atoms with Crippen molar-refractivity contribution in [3.63, 3.8) is 0 Å². The Balaban J connectivity index is 1.61. The van der Waals surface area contributed by atoms with Crippen molar-refractivity contribution in [2.45, 2.75) is 69.0 Å². The standard InChI is InChI=1S/C32H38N2O3S/c1-24-16-18-29(19-17-24)38-23-31(35)34(22-26-12-9-15-28(20-26)37-2)30(21-25-10-5-3-6-11-25)32(36)33-27-13-7-4-8-14-27/h3,5-6,9-12,15-20,27,30H,4,7-8,13-14,21-23H2,1-2H3,(H,33,36)/t30-/m0/s1. The van der Waals surface area contributed by atoms with E-state index in [1.165, 1.54) is 23.7 Å². The largest absolute Gasteiger partial charge is 0.497 e. The molecule has 3 aromatic rings. The SMILES string of the molecule is COc1cccc(CN(C(=O)CSc2ccc(C)cc2)[C@@H](Cc2ccccc2)C(=O)NC2CCCCC2)c1. The number of thioether (sulfide) groups is 1. The summed E-state index contributed by atoms with van der Waals surface area (Å²) in [5.41, 5.74) is 3.15. The number of ether oxygens (including phenoxy) is 1. The fourth-order valence-electron chi connectivity index (χ4n) is 4.93. The zero-order valence-electron chi connectivity index (χ0n) is 22.4. The number of benzene rings is 3. The highest BCUT2D eigenvalue weighted by molar-refractivity contribution is 8.00. The molecule has 0 unspecified atom stereocenters. The van der Waals surface area contributed by atoms with E-state index in [2.05, 4.69) is 24.4 Å². The highest BCUT2D eigenvalue weighted by Gasteiger charge is 2.32. The fourth-order valence-corrected chi connectivity index (χ4v) is 5.71. The van der Waals surface area contributed by atoms with Crippen LogP contribution in [-0.4, -0.2) is 41.7 Å². The number of hydrogen-bond donors (Lipinski definition) is 1. The van der Waals surface area contributed by atoms with Crippen LogP contribution in [-0.2, 0) is 22.6 Å². The quantitative estimate of drug-likeness (QED) is 0.301. The molecule has 4 rings (SSSR count). The van der Waals surface area contributed by atoms with Gasteiger partial charge in [-0.05, 0) is 55.2 Å². The molecule has 0 bridgehead atoms. The van der Waals surface area contributed by atoms with Crippen LogP contribution in [0, 0.1) is 6.92 Å². The zero-order chi connectivity index (χ0) is 26.7. The Hall–Kier alpha value is -3.25. The minimum absolute atomic E-state index is 0.0573. The van der Waals surface area contributed by atoms with Crippen molar-refractivity contribution in [1.82, 2.24) is 10.2 Å². The highest BCUT2D eigenvalue weighted by atomic mass is 32.2. The van der Waals surface area contributed by atoms with E-state index in [1.54, 1.807) is 12.0 Å². The van der Waals surface area contributed by atoms with Gasteiger partial charge >= 0.3 is 0 Å². The van der Waals surface area contributed by atoms with Gasteiger partial charge in [-0.2, -0.15) is 0 Å². The van der Waals surface area contributed by atoms with Gasteiger partial charge in [-0.3, -0.25) is 9.59 Å². The first-order chi connectivity index (χ1) is 18.5. The first-order valence-electron chi connectivity index (χ1n) is 13.5. The number of nitrogens with zero attached hydrogens (tertiary/aromatic N) is 1. The van der Waals surface area contributed by atoms with Crippen molar-refractivity contribution in [3.8, 4) is 5.75 Å². The van der Waals surface area contributed by atoms with E-state index < -0.39 is 6.04 Å². The molecule has 2 amide bonds. The van der Waals surface area contributed by atoms with E-state index in [-0.39, 0.29) is 23.6 Å². The lowest BCUT2D eigenvalue weighted by molar-refractivity contribution is -0.139. The summed E-state index contributed by atoms with van der Waals surface area (Å²) >= 11 is 1.51. The van der Waals surface area contributed by atoms with Crippen LogP contribution in [0.25, 0.3) is 0 Å². The molecule has 0 aliphatic heterocycles. The van der Waals surface area contributed by atoms with Gasteiger partial charge in [0.2, 0.25) is 11.8 Å². The molecule has 200 valence electrons. The summed E-state index contributed by atoms with van der Waals surface area (Å²) in [4.78, 5) is 30.5. The summed E-state index contributed by atoms with van der Waals surface area (Å²) in [5, 5.41) is 3.30. The molecule has 0 heterocycles.